The van der Waals surface area contributed by atoms with Gasteiger partial charge >= 0.3 is 0 Å². The molecule has 1 aliphatic carbocycles. The van der Waals surface area contributed by atoms with E-state index >= 15 is 0 Å². The number of hydrogen-bond donors (Lipinski definition) is 0. The molecule has 0 N–H and O–H groups in total. The topological polar surface area (TPSA) is 47.6 Å². The molecule has 0 spiro atoms. The molecule has 9 heavy (non-hydrogen) atoms. The van der Waals surface area contributed by atoms with Crippen LogP contribution in [0.3, 0.4) is 0 Å². The Labute approximate surface area is 54.7 Å². The Bertz CT molecular complexity index is 166. The van der Waals surface area contributed by atoms with Crippen LogP contribution in [-0.4, -0.2) is 0 Å². The zero-order valence-corrected chi connectivity index (χ0v) is 5.17. The molecule has 46 valence electrons. The Hall–Kier alpha value is -1.02. The minimum Gasteiger partial charge on any atom is -0.198 e. The van der Waals surface area contributed by atoms with Crippen molar-refractivity contribution in [1.29, 1.82) is 10.5 Å². The van der Waals surface area contributed by atoms with Gasteiger partial charge in [0.1, 0.15) is 0 Å². The molecule has 0 amide bonds. The number of nitrogens with zero attached hydrogens (tertiary/aromatic N) is 2. The molecule has 0 aliphatic heterocycles. The average Bonchev–Trinajstić information content (AvgIpc) is 1.77. The largest absolute Gasteiger partial charge is 0.198 e. The summed E-state index contributed by atoms with van der Waals surface area (Å²) >= 11 is 0. The van der Waals surface area contributed by atoms with Gasteiger partial charge in [0, 0.05) is 12.3 Å². The van der Waals surface area contributed by atoms with Crippen molar-refractivity contribution in [2.24, 2.45) is 11.8 Å². The monoisotopic (exact) mass is 120 g/mol. The van der Waals surface area contributed by atoms with Crippen LogP contribution in [0.2, 0.25) is 0 Å². The summed E-state index contributed by atoms with van der Waals surface area (Å²) in [7, 11) is 0. The lowest BCUT2D eigenvalue weighted by Gasteiger charge is -2.27. The average molecular weight is 120 g/mol. The molecule has 2 heteroatoms. The van der Waals surface area contributed by atoms with Gasteiger partial charge in [0.05, 0.1) is 12.1 Å². The highest BCUT2D eigenvalue weighted by atomic mass is 14.4. The molecular weight excluding hydrogens is 112 g/mol. The van der Waals surface area contributed by atoms with E-state index in [1.807, 2.05) is 0 Å². The molecule has 1 fully saturated rings. The molecule has 2 nitrogen and oxygen atoms in total. The fourth-order valence-corrected chi connectivity index (χ4v) is 1.14. The second-order valence-electron chi connectivity index (χ2n) is 2.53. The second kappa shape index (κ2) is 2.51. The van der Waals surface area contributed by atoms with E-state index in [1.165, 1.54) is 0 Å². The molecule has 0 atom stereocenters. The summed E-state index contributed by atoms with van der Waals surface area (Å²) in [5.41, 5.74) is 0. The minimum absolute atomic E-state index is 0.253. The molecule has 0 heterocycles. The summed E-state index contributed by atoms with van der Waals surface area (Å²) in [6.07, 6.45) is 2.53. The van der Waals surface area contributed by atoms with Crippen molar-refractivity contribution >= 4 is 0 Å². The maximum absolute atomic E-state index is 8.34. The molecule has 1 rings (SSSR count). The number of hydrogen-bond acceptors (Lipinski definition) is 2. The van der Waals surface area contributed by atoms with Crippen molar-refractivity contribution in [3.8, 4) is 12.1 Å². The first kappa shape index (κ1) is 6.11. The Kier molecular flexibility index (Phi) is 1.70. The molecule has 1 aliphatic rings. The molecule has 0 unspecified atom stereocenters. The van der Waals surface area contributed by atoms with Gasteiger partial charge in [-0.25, -0.2) is 0 Å². The Morgan fingerprint density at radius 2 is 2.00 bits per heavy atom. The maximum atomic E-state index is 8.34. The lowest BCUT2D eigenvalue weighted by atomic mass is 9.74. The van der Waals surface area contributed by atoms with Gasteiger partial charge in [-0.2, -0.15) is 10.5 Å². The van der Waals surface area contributed by atoms with Gasteiger partial charge in [-0.05, 0) is 18.8 Å². The van der Waals surface area contributed by atoms with Crippen molar-refractivity contribution in [3.63, 3.8) is 0 Å². The van der Waals surface area contributed by atoms with Crippen LogP contribution in [0.1, 0.15) is 19.3 Å². The van der Waals surface area contributed by atoms with Crippen LogP contribution in [0.15, 0.2) is 0 Å². The van der Waals surface area contributed by atoms with Crippen molar-refractivity contribution in [3.05, 3.63) is 0 Å². The van der Waals surface area contributed by atoms with E-state index in [4.69, 9.17) is 10.5 Å². The van der Waals surface area contributed by atoms with Crippen molar-refractivity contribution < 1.29 is 0 Å². The Morgan fingerprint density at radius 1 is 1.33 bits per heavy atom. The minimum atomic E-state index is 0.253. The molecule has 0 aromatic heterocycles. The standard InChI is InChI=1S/C7H8N2/c8-2-1-6-3-7(4-6)5-9/h6-7H,1,3-4H2/t6-,7-. The summed E-state index contributed by atoms with van der Waals surface area (Å²) in [5, 5.41) is 16.6. The third-order valence-electron chi connectivity index (χ3n) is 1.80. The van der Waals surface area contributed by atoms with E-state index in [1.54, 1.807) is 0 Å². The zero-order chi connectivity index (χ0) is 6.69. The van der Waals surface area contributed by atoms with E-state index < -0.39 is 0 Å². The third kappa shape index (κ3) is 1.21. The van der Waals surface area contributed by atoms with Crippen LogP contribution in [0.4, 0.5) is 0 Å². The second-order valence-corrected chi connectivity index (χ2v) is 2.53. The highest BCUT2D eigenvalue weighted by Gasteiger charge is 2.28. The van der Waals surface area contributed by atoms with Crippen LogP contribution < -0.4 is 0 Å². The molecule has 0 aromatic carbocycles. The van der Waals surface area contributed by atoms with Crippen molar-refractivity contribution in [2.75, 3.05) is 0 Å². The summed E-state index contributed by atoms with van der Waals surface area (Å²) < 4.78 is 0. The van der Waals surface area contributed by atoms with E-state index in [2.05, 4.69) is 12.1 Å². The number of rotatable bonds is 1. The zero-order valence-electron chi connectivity index (χ0n) is 5.17. The van der Waals surface area contributed by atoms with Gasteiger partial charge in [0.15, 0.2) is 0 Å². The van der Waals surface area contributed by atoms with Crippen LogP contribution in [0.25, 0.3) is 0 Å². The Balaban J connectivity index is 2.15. The van der Waals surface area contributed by atoms with Gasteiger partial charge in [-0.3, -0.25) is 0 Å². The maximum Gasteiger partial charge on any atom is 0.0656 e. The first-order valence-electron chi connectivity index (χ1n) is 3.13. The van der Waals surface area contributed by atoms with Crippen LogP contribution in [0, 0.1) is 34.5 Å². The molecule has 0 aromatic rings. The Morgan fingerprint density at radius 3 is 2.44 bits per heavy atom. The summed E-state index contributed by atoms with van der Waals surface area (Å²) in [6, 6.07) is 4.29. The summed E-state index contributed by atoms with van der Waals surface area (Å²) in [4.78, 5) is 0. The molecule has 1 saturated carbocycles. The van der Waals surface area contributed by atoms with Crippen molar-refractivity contribution in [2.45, 2.75) is 19.3 Å². The van der Waals surface area contributed by atoms with Gasteiger partial charge in [0.2, 0.25) is 0 Å². The molecular formula is C7H8N2. The first-order chi connectivity index (χ1) is 4.36. The quantitative estimate of drug-likeness (QED) is 0.525. The first-order valence-corrected chi connectivity index (χ1v) is 3.13. The third-order valence-corrected chi connectivity index (χ3v) is 1.80. The predicted octanol–water partition coefficient (Wildman–Crippen LogP) is 1.45. The van der Waals surface area contributed by atoms with Gasteiger partial charge in [0.25, 0.3) is 0 Å². The van der Waals surface area contributed by atoms with E-state index in [0.717, 1.165) is 12.8 Å². The molecule has 0 saturated heterocycles. The summed E-state index contributed by atoms with van der Waals surface area (Å²) in [6.45, 7) is 0. The fraction of sp³-hybridized carbons (Fsp3) is 0.714. The summed E-state index contributed by atoms with van der Waals surface area (Å²) in [5.74, 6) is 0.781. The lowest BCUT2D eigenvalue weighted by Crippen LogP contribution is -2.21. The van der Waals surface area contributed by atoms with Gasteiger partial charge < -0.3 is 0 Å². The van der Waals surface area contributed by atoms with Crippen LogP contribution >= 0.6 is 0 Å². The van der Waals surface area contributed by atoms with E-state index in [-0.39, 0.29) is 5.92 Å². The fourth-order valence-electron chi connectivity index (χ4n) is 1.14. The smallest absolute Gasteiger partial charge is 0.0656 e. The predicted molar refractivity (Wildman–Crippen MR) is 32.1 cm³/mol. The van der Waals surface area contributed by atoms with Crippen LogP contribution in [0.5, 0.6) is 0 Å². The highest BCUT2D eigenvalue weighted by Crippen LogP contribution is 2.34. The van der Waals surface area contributed by atoms with Gasteiger partial charge in [-0.15, -0.1) is 0 Å². The van der Waals surface area contributed by atoms with E-state index in [9.17, 15) is 0 Å². The molecule has 0 bridgehead atoms. The van der Waals surface area contributed by atoms with Gasteiger partial charge in [-0.1, -0.05) is 0 Å². The van der Waals surface area contributed by atoms with Crippen molar-refractivity contribution in [1.82, 2.24) is 0 Å². The molecule has 0 radical (unpaired) electrons. The lowest BCUT2D eigenvalue weighted by molar-refractivity contribution is 0.251. The normalized spacial score (nSPS) is 31.8. The van der Waals surface area contributed by atoms with Crippen LogP contribution in [-0.2, 0) is 0 Å². The van der Waals surface area contributed by atoms with E-state index in [0.29, 0.717) is 12.3 Å². The number of nitriles is 2. The SMILES string of the molecule is N#CC[C@H]1C[C@H](C#N)C1. The highest BCUT2D eigenvalue weighted by molar-refractivity contribution is 4.96.